The van der Waals surface area contributed by atoms with Gasteiger partial charge < -0.3 is 10.1 Å². The molecule has 0 aliphatic heterocycles. The minimum absolute atomic E-state index is 0.519. The van der Waals surface area contributed by atoms with Crippen LogP contribution in [0, 0.1) is 0 Å². The Morgan fingerprint density at radius 3 is 2.53 bits per heavy atom. The minimum atomic E-state index is 0.519. The summed E-state index contributed by atoms with van der Waals surface area (Å²) < 4.78 is 5.42. The lowest BCUT2D eigenvalue weighted by atomic mass is 9.75. The fourth-order valence-corrected chi connectivity index (χ4v) is 2.58. The lowest BCUT2D eigenvalue weighted by molar-refractivity contribution is 0.307. The predicted octanol–water partition coefficient (Wildman–Crippen LogP) is 3.28. The molecule has 0 saturated heterocycles. The summed E-state index contributed by atoms with van der Waals surface area (Å²) in [6.07, 6.45) is 2.53. The number of nitrogens with one attached hydrogen (secondary N) is 1. The van der Waals surface area contributed by atoms with Gasteiger partial charge in [0.2, 0.25) is 0 Å². The van der Waals surface area contributed by atoms with E-state index in [1.54, 1.807) is 7.11 Å². The Kier molecular flexibility index (Phi) is 3.72. The largest absolute Gasteiger partial charge is 0.496 e. The molecule has 1 aromatic carbocycles. The van der Waals surface area contributed by atoms with Crippen LogP contribution in [0.5, 0.6) is 5.75 Å². The van der Waals surface area contributed by atoms with Crippen LogP contribution in [0.25, 0.3) is 0 Å². The smallest absolute Gasteiger partial charge is 0.122 e. The van der Waals surface area contributed by atoms with E-state index in [1.807, 2.05) is 0 Å². The molecule has 1 fully saturated rings. The van der Waals surface area contributed by atoms with E-state index in [4.69, 9.17) is 4.74 Å². The SMILES string of the molecule is CNC1CC(c2ccc(OC)c(C(C)C)c2)C1. The van der Waals surface area contributed by atoms with Crippen LogP contribution in [0.1, 0.15) is 49.7 Å². The minimum Gasteiger partial charge on any atom is -0.496 e. The number of ether oxygens (including phenoxy) is 1. The molecular formula is C15H23NO. The van der Waals surface area contributed by atoms with Crippen molar-refractivity contribution in [3.8, 4) is 5.75 Å². The normalized spacial score (nSPS) is 23.6. The van der Waals surface area contributed by atoms with Gasteiger partial charge in [-0.3, -0.25) is 0 Å². The molecule has 1 saturated carbocycles. The van der Waals surface area contributed by atoms with Gasteiger partial charge in [-0.1, -0.05) is 26.0 Å². The van der Waals surface area contributed by atoms with Crippen molar-refractivity contribution in [2.75, 3.05) is 14.2 Å². The molecule has 2 heteroatoms. The maximum atomic E-state index is 5.42. The van der Waals surface area contributed by atoms with Crippen molar-refractivity contribution in [2.24, 2.45) is 0 Å². The fraction of sp³-hybridized carbons (Fsp3) is 0.600. The standard InChI is InChI=1S/C15H23NO/c1-10(2)14-9-11(5-6-15(14)17-4)12-7-13(8-12)16-3/h5-6,9-10,12-13,16H,7-8H2,1-4H3. The molecule has 0 spiro atoms. The Morgan fingerprint density at radius 2 is 2.00 bits per heavy atom. The van der Waals surface area contributed by atoms with E-state index >= 15 is 0 Å². The van der Waals surface area contributed by atoms with E-state index in [9.17, 15) is 0 Å². The van der Waals surface area contributed by atoms with E-state index in [0.717, 1.165) is 11.7 Å². The summed E-state index contributed by atoms with van der Waals surface area (Å²) in [5.41, 5.74) is 2.80. The third kappa shape index (κ3) is 2.47. The number of methoxy groups -OCH3 is 1. The van der Waals surface area contributed by atoms with E-state index in [0.29, 0.717) is 12.0 Å². The number of benzene rings is 1. The predicted molar refractivity (Wildman–Crippen MR) is 71.9 cm³/mol. The summed E-state index contributed by atoms with van der Waals surface area (Å²) >= 11 is 0. The topological polar surface area (TPSA) is 21.3 Å². The first-order chi connectivity index (χ1) is 8.15. The Balaban J connectivity index is 2.17. The zero-order valence-corrected chi connectivity index (χ0v) is 11.3. The molecular weight excluding hydrogens is 210 g/mol. The third-order valence-corrected chi connectivity index (χ3v) is 3.89. The van der Waals surface area contributed by atoms with Crippen molar-refractivity contribution in [2.45, 2.75) is 44.6 Å². The van der Waals surface area contributed by atoms with E-state index in [2.05, 4.69) is 44.4 Å². The van der Waals surface area contributed by atoms with Crippen LogP contribution in [-0.4, -0.2) is 20.2 Å². The first-order valence-corrected chi connectivity index (χ1v) is 6.50. The summed E-state index contributed by atoms with van der Waals surface area (Å²) in [5, 5.41) is 3.34. The summed E-state index contributed by atoms with van der Waals surface area (Å²) in [7, 11) is 3.80. The molecule has 0 heterocycles. The van der Waals surface area contributed by atoms with Crippen LogP contribution in [-0.2, 0) is 0 Å². The molecule has 2 nitrogen and oxygen atoms in total. The van der Waals surface area contributed by atoms with Crippen molar-refractivity contribution >= 4 is 0 Å². The highest BCUT2D eigenvalue weighted by atomic mass is 16.5. The summed E-state index contributed by atoms with van der Waals surface area (Å²) in [5.74, 6) is 2.27. The van der Waals surface area contributed by atoms with Crippen molar-refractivity contribution < 1.29 is 4.74 Å². The number of hydrogen-bond donors (Lipinski definition) is 1. The molecule has 1 aliphatic rings. The van der Waals surface area contributed by atoms with Crippen molar-refractivity contribution in [1.29, 1.82) is 0 Å². The van der Waals surface area contributed by atoms with Gasteiger partial charge in [0, 0.05) is 6.04 Å². The first-order valence-electron chi connectivity index (χ1n) is 6.50. The lowest BCUT2D eigenvalue weighted by Crippen LogP contribution is -2.37. The van der Waals surface area contributed by atoms with Gasteiger partial charge in [-0.05, 0) is 48.9 Å². The lowest BCUT2D eigenvalue weighted by Gasteiger charge is -2.35. The highest BCUT2D eigenvalue weighted by Crippen LogP contribution is 2.39. The average Bonchev–Trinajstić information content (AvgIpc) is 2.27. The highest BCUT2D eigenvalue weighted by Gasteiger charge is 2.29. The van der Waals surface area contributed by atoms with Gasteiger partial charge in [-0.2, -0.15) is 0 Å². The van der Waals surface area contributed by atoms with Crippen LogP contribution in [0.3, 0.4) is 0 Å². The number of rotatable bonds is 4. The van der Waals surface area contributed by atoms with E-state index in [1.165, 1.54) is 24.0 Å². The second kappa shape index (κ2) is 5.09. The molecule has 0 atom stereocenters. The van der Waals surface area contributed by atoms with Gasteiger partial charge in [-0.15, -0.1) is 0 Å². The van der Waals surface area contributed by atoms with Crippen molar-refractivity contribution in [3.63, 3.8) is 0 Å². The molecule has 0 aromatic heterocycles. The third-order valence-electron chi connectivity index (χ3n) is 3.89. The molecule has 0 radical (unpaired) electrons. The molecule has 17 heavy (non-hydrogen) atoms. The zero-order valence-electron chi connectivity index (χ0n) is 11.3. The first kappa shape index (κ1) is 12.4. The van der Waals surface area contributed by atoms with Crippen molar-refractivity contribution in [1.82, 2.24) is 5.32 Å². The maximum Gasteiger partial charge on any atom is 0.122 e. The molecule has 1 N–H and O–H groups in total. The quantitative estimate of drug-likeness (QED) is 0.861. The molecule has 94 valence electrons. The highest BCUT2D eigenvalue weighted by molar-refractivity contribution is 5.41. The summed E-state index contributed by atoms with van der Waals surface area (Å²) in [4.78, 5) is 0. The Labute approximate surface area is 104 Å². The number of hydrogen-bond acceptors (Lipinski definition) is 2. The van der Waals surface area contributed by atoms with Gasteiger partial charge in [0.05, 0.1) is 7.11 Å². The maximum absolute atomic E-state index is 5.42. The van der Waals surface area contributed by atoms with Crippen LogP contribution >= 0.6 is 0 Å². The average molecular weight is 233 g/mol. The second-order valence-corrected chi connectivity index (χ2v) is 5.31. The molecule has 1 aliphatic carbocycles. The molecule has 1 aromatic rings. The monoisotopic (exact) mass is 233 g/mol. The molecule has 0 unspecified atom stereocenters. The van der Waals surface area contributed by atoms with Crippen LogP contribution in [0.15, 0.2) is 18.2 Å². The van der Waals surface area contributed by atoms with E-state index < -0.39 is 0 Å². The Bertz CT molecular complexity index is 381. The van der Waals surface area contributed by atoms with Gasteiger partial charge in [0.15, 0.2) is 0 Å². The van der Waals surface area contributed by atoms with Gasteiger partial charge in [-0.25, -0.2) is 0 Å². The summed E-state index contributed by atoms with van der Waals surface area (Å²) in [6.45, 7) is 4.44. The van der Waals surface area contributed by atoms with Gasteiger partial charge in [0.1, 0.15) is 5.75 Å². The summed E-state index contributed by atoms with van der Waals surface area (Å²) in [6, 6.07) is 7.39. The zero-order chi connectivity index (χ0) is 12.4. The van der Waals surface area contributed by atoms with Crippen LogP contribution in [0.4, 0.5) is 0 Å². The van der Waals surface area contributed by atoms with E-state index in [-0.39, 0.29) is 0 Å². The van der Waals surface area contributed by atoms with Gasteiger partial charge >= 0.3 is 0 Å². The van der Waals surface area contributed by atoms with Crippen LogP contribution in [0.2, 0.25) is 0 Å². The van der Waals surface area contributed by atoms with Gasteiger partial charge in [0.25, 0.3) is 0 Å². The molecule has 0 bridgehead atoms. The second-order valence-electron chi connectivity index (χ2n) is 5.31. The Morgan fingerprint density at radius 1 is 1.29 bits per heavy atom. The van der Waals surface area contributed by atoms with Crippen molar-refractivity contribution in [3.05, 3.63) is 29.3 Å². The Hall–Kier alpha value is -1.02. The fourth-order valence-electron chi connectivity index (χ4n) is 2.58. The molecule has 0 amide bonds. The van der Waals surface area contributed by atoms with Crippen LogP contribution < -0.4 is 10.1 Å². The molecule has 2 rings (SSSR count).